The van der Waals surface area contributed by atoms with E-state index in [1.807, 2.05) is 6.07 Å². The Morgan fingerprint density at radius 2 is 1.58 bits per heavy atom. The summed E-state index contributed by atoms with van der Waals surface area (Å²) in [6.07, 6.45) is 2.65. The van der Waals surface area contributed by atoms with Crippen molar-refractivity contribution < 1.29 is 4.79 Å². The summed E-state index contributed by atoms with van der Waals surface area (Å²) in [4.78, 5) is 12.5. The number of benzene rings is 1. The second kappa shape index (κ2) is 6.88. The van der Waals surface area contributed by atoms with Gasteiger partial charge >= 0.3 is 0 Å². The summed E-state index contributed by atoms with van der Waals surface area (Å²) >= 11 is 0. The number of hydrogen-bond donors (Lipinski definition) is 0. The number of carbonyl (C=O) groups excluding carboxylic acids is 1. The molecule has 106 valence electrons. The monoisotopic (exact) mass is 260 g/mol. The van der Waals surface area contributed by atoms with Crippen molar-refractivity contribution in [2.75, 3.05) is 0 Å². The van der Waals surface area contributed by atoms with E-state index in [-0.39, 0.29) is 5.41 Å². The molecule has 0 aliphatic heterocycles. The van der Waals surface area contributed by atoms with Crippen LogP contribution in [0.15, 0.2) is 30.3 Å². The van der Waals surface area contributed by atoms with Crippen LogP contribution in [0.3, 0.4) is 0 Å². The summed E-state index contributed by atoms with van der Waals surface area (Å²) in [5.41, 5.74) is 1.14. The average molecular weight is 260 g/mol. The Bertz CT molecular complexity index is 381. The molecule has 1 aromatic carbocycles. The van der Waals surface area contributed by atoms with Crippen LogP contribution in [0.2, 0.25) is 0 Å². The zero-order valence-electron chi connectivity index (χ0n) is 13.1. The number of hydrogen-bond acceptors (Lipinski definition) is 1. The van der Waals surface area contributed by atoms with Gasteiger partial charge in [0.1, 0.15) is 5.78 Å². The maximum absolute atomic E-state index is 12.5. The summed E-state index contributed by atoms with van der Waals surface area (Å²) < 4.78 is 0. The standard InChI is InChI=1S/C18H28O/c1-14(2)18(5,15(3)4)17(19)13-9-12-16-10-7-6-8-11-16/h6-8,10-11,14-15H,9,12-13H2,1-5H3. The molecule has 0 N–H and O–H groups in total. The van der Waals surface area contributed by atoms with Crippen molar-refractivity contribution in [3.05, 3.63) is 35.9 Å². The van der Waals surface area contributed by atoms with Gasteiger partial charge in [0.2, 0.25) is 0 Å². The molecule has 1 nitrogen and oxygen atoms in total. The molecule has 0 fully saturated rings. The molecule has 0 amide bonds. The summed E-state index contributed by atoms with van der Waals surface area (Å²) in [5.74, 6) is 1.22. The van der Waals surface area contributed by atoms with Crippen LogP contribution in [0, 0.1) is 17.3 Å². The third-order valence-electron chi connectivity index (χ3n) is 4.71. The maximum atomic E-state index is 12.5. The highest BCUT2D eigenvalue weighted by atomic mass is 16.1. The van der Waals surface area contributed by atoms with Crippen LogP contribution in [-0.4, -0.2) is 5.78 Å². The fourth-order valence-electron chi connectivity index (χ4n) is 2.68. The van der Waals surface area contributed by atoms with Gasteiger partial charge in [-0.15, -0.1) is 0 Å². The van der Waals surface area contributed by atoms with E-state index in [1.165, 1.54) is 5.56 Å². The Labute approximate surface area is 118 Å². The molecule has 19 heavy (non-hydrogen) atoms. The second-order valence-corrected chi connectivity index (χ2v) is 6.35. The lowest BCUT2D eigenvalue weighted by molar-refractivity contribution is -0.133. The molecule has 0 heterocycles. The van der Waals surface area contributed by atoms with Crippen molar-refractivity contribution in [2.45, 2.75) is 53.9 Å². The minimum absolute atomic E-state index is 0.184. The van der Waals surface area contributed by atoms with Crippen LogP contribution in [0.4, 0.5) is 0 Å². The molecule has 0 radical (unpaired) electrons. The Balaban J connectivity index is 2.55. The fraction of sp³-hybridized carbons (Fsp3) is 0.611. The molecule has 0 saturated heterocycles. The Morgan fingerprint density at radius 1 is 1.05 bits per heavy atom. The lowest BCUT2D eigenvalue weighted by Crippen LogP contribution is -2.38. The summed E-state index contributed by atoms with van der Waals surface area (Å²) in [6.45, 7) is 10.8. The zero-order valence-corrected chi connectivity index (χ0v) is 13.1. The number of aryl methyl sites for hydroxylation is 1. The number of rotatable bonds is 7. The van der Waals surface area contributed by atoms with Gasteiger partial charge in [0.25, 0.3) is 0 Å². The molecule has 0 atom stereocenters. The van der Waals surface area contributed by atoms with Gasteiger partial charge in [-0.25, -0.2) is 0 Å². The van der Waals surface area contributed by atoms with E-state index in [0.717, 1.165) is 12.8 Å². The Hall–Kier alpha value is -1.11. The molecule has 1 heteroatoms. The quantitative estimate of drug-likeness (QED) is 0.681. The highest BCUT2D eigenvalue weighted by Crippen LogP contribution is 2.37. The molecule has 1 rings (SSSR count). The first-order valence-corrected chi connectivity index (χ1v) is 7.46. The van der Waals surface area contributed by atoms with Gasteiger partial charge in [-0.05, 0) is 30.2 Å². The largest absolute Gasteiger partial charge is 0.299 e. The summed E-state index contributed by atoms with van der Waals surface area (Å²) in [7, 11) is 0. The van der Waals surface area contributed by atoms with E-state index in [2.05, 4.69) is 58.9 Å². The molecule has 0 aliphatic carbocycles. The lowest BCUT2D eigenvalue weighted by atomic mass is 9.66. The second-order valence-electron chi connectivity index (χ2n) is 6.35. The average Bonchev–Trinajstić information content (AvgIpc) is 2.38. The Kier molecular flexibility index (Phi) is 5.78. The van der Waals surface area contributed by atoms with E-state index in [1.54, 1.807) is 0 Å². The smallest absolute Gasteiger partial charge is 0.139 e. The van der Waals surface area contributed by atoms with E-state index in [4.69, 9.17) is 0 Å². The summed E-state index contributed by atoms with van der Waals surface area (Å²) in [6, 6.07) is 10.4. The van der Waals surface area contributed by atoms with Crippen molar-refractivity contribution in [1.29, 1.82) is 0 Å². The highest BCUT2D eigenvalue weighted by Gasteiger charge is 2.38. The maximum Gasteiger partial charge on any atom is 0.139 e. The Morgan fingerprint density at radius 3 is 2.05 bits per heavy atom. The molecule has 0 unspecified atom stereocenters. The fourth-order valence-corrected chi connectivity index (χ4v) is 2.68. The van der Waals surface area contributed by atoms with Gasteiger partial charge in [-0.1, -0.05) is 65.0 Å². The molecule has 0 bridgehead atoms. The third-order valence-corrected chi connectivity index (χ3v) is 4.71. The number of ketones is 1. The van der Waals surface area contributed by atoms with Crippen molar-refractivity contribution in [3.63, 3.8) is 0 Å². The first-order valence-electron chi connectivity index (χ1n) is 7.46. The molecular formula is C18H28O. The molecule has 1 aromatic rings. The zero-order chi connectivity index (χ0) is 14.5. The minimum Gasteiger partial charge on any atom is -0.299 e. The van der Waals surface area contributed by atoms with E-state index in [9.17, 15) is 4.79 Å². The van der Waals surface area contributed by atoms with Gasteiger partial charge in [-0.3, -0.25) is 4.79 Å². The van der Waals surface area contributed by atoms with Crippen LogP contribution in [0.25, 0.3) is 0 Å². The first-order chi connectivity index (χ1) is 8.89. The third kappa shape index (κ3) is 3.92. The highest BCUT2D eigenvalue weighted by molar-refractivity contribution is 5.85. The number of Topliss-reactive ketones (excluding diaryl/α,β-unsaturated/α-hetero) is 1. The van der Waals surface area contributed by atoms with Crippen LogP contribution in [0.5, 0.6) is 0 Å². The first kappa shape index (κ1) is 15.9. The van der Waals surface area contributed by atoms with Crippen molar-refractivity contribution in [2.24, 2.45) is 17.3 Å². The van der Waals surface area contributed by atoms with Gasteiger partial charge in [0, 0.05) is 11.8 Å². The molecular weight excluding hydrogens is 232 g/mol. The van der Waals surface area contributed by atoms with E-state index in [0.29, 0.717) is 24.0 Å². The van der Waals surface area contributed by atoms with Crippen LogP contribution >= 0.6 is 0 Å². The van der Waals surface area contributed by atoms with Gasteiger partial charge in [0.15, 0.2) is 0 Å². The predicted octanol–water partition coefficient (Wildman–Crippen LogP) is 4.90. The normalized spacial score (nSPS) is 12.2. The van der Waals surface area contributed by atoms with Crippen LogP contribution in [-0.2, 0) is 11.2 Å². The van der Waals surface area contributed by atoms with Crippen molar-refractivity contribution in [1.82, 2.24) is 0 Å². The van der Waals surface area contributed by atoms with Crippen LogP contribution in [0.1, 0.15) is 53.0 Å². The van der Waals surface area contributed by atoms with Crippen LogP contribution < -0.4 is 0 Å². The van der Waals surface area contributed by atoms with Crippen molar-refractivity contribution in [3.8, 4) is 0 Å². The molecule has 0 spiro atoms. The van der Waals surface area contributed by atoms with E-state index >= 15 is 0 Å². The molecule has 0 aliphatic rings. The van der Waals surface area contributed by atoms with Gasteiger partial charge < -0.3 is 0 Å². The number of carbonyl (C=O) groups is 1. The van der Waals surface area contributed by atoms with Gasteiger partial charge in [0.05, 0.1) is 0 Å². The van der Waals surface area contributed by atoms with Crippen molar-refractivity contribution >= 4 is 5.78 Å². The topological polar surface area (TPSA) is 17.1 Å². The lowest BCUT2D eigenvalue weighted by Gasteiger charge is -2.36. The summed E-state index contributed by atoms with van der Waals surface area (Å²) in [5, 5.41) is 0. The molecule has 0 aromatic heterocycles. The SMILES string of the molecule is CC(C)C(C)(C(=O)CCCc1ccccc1)C(C)C. The van der Waals surface area contributed by atoms with E-state index < -0.39 is 0 Å². The molecule has 0 saturated carbocycles. The predicted molar refractivity (Wildman–Crippen MR) is 82.2 cm³/mol. The van der Waals surface area contributed by atoms with Gasteiger partial charge in [-0.2, -0.15) is 0 Å². The minimum atomic E-state index is -0.184.